The number of benzene rings is 1. The van der Waals surface area contributed by atoms with E-state index in [-0.39, 0.29) is 34.2 Å². The second kappa shape index (κ2) is 11.7. The monoisotopic (exact) mass is 557 g/mol. The third-order valence-corrected chi connectivity index (χ3v) is 7.50. The number of carbonyl (C=O) groups is 3. The van der Waals surface area contributed by atoms with Crippen LogP contribution in [0.25, 0.3) is 4.91 Å². The molecule has 2 heterocycles. The SMILES string of the molecule is C/C(=N\NC(=O)c1ccc(C(=O)N(C)CCC(=O)O)s1)C1CSC(c2ccc(OC(F)(F)F)cc2)=C1O. The van der Waals surface area contributed by atoms with Crippen LogP contribution in [0.15, 0.2) is 47.3 Å². The van der Waals surface area contributed by atoms with Gasteiger partial charge in [-0.15, -0.1) is 36.3 Å². The van der Waals surface area contributed by atoms with Crippen molar-refractivity contribution in [3.63, 3.8) is 0 Å². The summed E-state index contributed by atoms with van der Waals surface area (Å²) >= 11 is 2.24. The molecule has 198 valence electrons. The minimum atomic E-state index is -4.80. The van der Waals surface area contributed by atoms with E-state index in [0.717, 1.165) is 23.5 Å². The highest BCUT2D eigenvalue weighted by Gasteiger charge is 2.32. The summed E-state index contributed by atoms with van der Waals surface area (Å²) in [7, 11) is 1.47. The number of halogens is 3. The molecule has 1 aliphatic heterocycles. The summed E-state index contributed by atoms with van der Waals surface area (Å²) in [6.07, 6.45) is -5.00. The zero-order valence-corrected chi connectivity index (χ0v) is 21.2. The van der Waals surface area contributed by atoms with E-state index in [0.29, 0.717) is 21.9 Å². The molecule has 1 aliphatic rings. The van der Waals surface area contributed by atoms with Gasteiger partial charge in [0.1, 0.15) is 11.5 Å². The number of thioether (sulfide) groups is 1. The first-order valence-corrected chi connectivity index (χ1v) is 12.5. The number of amides is 2. The number of carboxylic acids is 1. The minimum Gasteiger partial charge on any atom is -0.510 e. The number of allylic oxidation sites excluding steroid dienone is 1. The van der Waals surface area contributed by atoms with Gasteiger partial charge in [-0.25, -0.2) is 5.43 Å². The number of thiophene rings is 1. The van der Waals surface area contributed by atoms with Gasteiger partial charge in [-0.1, -0.05) is 12.1 Å². The van der Waals surface area contributed by atoms with E-state index < -0.39 is 30.1 Å². The van der Waals surface area contributed by atoms with Crippen molar-refractivity contribution in [2.45, 2.75) is 19.7 Å². The number of carbonyl (C=O) groups excluding carboxylic acids is 2. The average molecular weight is 558 g/mol. The van der Waals surface area contributed by atoms with Crippen molar-refractivity contribution in [3.05, 3.63) is 57.5 Å². The lowest BCUT2D eigenvalue weighted by molar-refractivity contribution is -0.274. The normalized spacial score (nSPS) is 16.0. The molecule has 0 saturated heterocycles. The first kappa shape index (κ1) is 28.1. The van der Waals surface area contributed by atoms with Crippen LogP contribution in [0.1, 0.15) is 38.3 Å². The standard InChI is InChI=1S/C23H22F3N3O6S2/c1-12(15-11-36-20(19(15)32)13-3-5-14(6-4-13)35-23(24,25)26)27-28-21(33)16-7-8-17(37-16)22(34)29(2)10-9-18(30)31/h3-8,15,32H,9-11H2,1-2H3,(H,28,33)(H,30,31)/b27-12+. The summed E-state index contributed by atoms with van der Waals surface area (Å²) in [5, 5.41) is 23.5. The third kappa shape index (κ3) is 7.49. The van der Waals surface area contributed by atoms with Gasteiger partial charge in [-0.3, -0.25) is 14.4 Å². The van der Waals surface area contributed by atoms with Crippen LogP contribution in [0, 0.1) is 5.92 Å². The molecular weight excluding hydrogens is 535 g/mol. The molecule has 0 saturated carbocycles. The fraction of sp³-hybridized carbons (Fsp3) is 0.304. The van der Waals surface area contributed by atoms with E-state index in [4.69, 9.17) is 5.11 Å². The van der Waals surface area contributed by atoms with Gasteiger partial charge in [-0.05, 0) is 36.8 Å². The summed E-state index contributed by atoms with van der Waals surface area (Å²) in [5.41, 5.74) is 3.32. The Balaban J connectivity index is 1.63. The number of carboxylic acid groups (broad SMARTS) is 1. The number of hydrogen-bond acceptors (Lipinski definition) is 8. The van der Waals surface area contributed by atoms with E-state index >= 15 is 0 Å². The van der Waals surface area contributed by atoms with Gasteiger partial charge in [0, 0.05) is 25.1 Å². The Morgan fingerprint density at radius 1 is 1.16 bits per heavy atom. The molecule has 0 aliphatic carbocycles. The van der Waals surface area contributed by atoms with Gasteiger partial charge < -0.3 is 19.8 Å². The van der Waals surface area contributed by atoms with Gasteiger partial charge in [0.25, 0.3) is 11.8 Å². The van der Waals surface area contributed by atoms with Crippen LogP contribution in [0.2, 0.25) is 0 Å². The van der Waals surface area contributed by atoms with Crippen molar-refractivity contribution in [1.82, 2.24) is 10.3 Å². The Morgan fingerprint density at radius 3 is 2.43 bits per heavy atom. The van der Waals surface area contributed by atoms with Gasteiger partial charge >= 0.3 is 12.3 Å². The van der Waals surface area contributed by atoms with Gasteiger partial charge in [0.2, 0.25) is 0 Å². The Labute approximate surface area is 217 Å². The number of hydrazone groups is 1. The molecule has 1 atom stereocenters. The minimum absolute atomic E-state index is 0.0154. The van der Waals surface area contributed by atoms with Crippen molar-refractivity contribution in [3.8, 4) is 5.75 Å². The number of hydrogen-bond donors (Lipinski definition) is 3. The zero-order chi connectivity index (χ0) is 27.3. The quantitative estimate of drug-likeness (QED) is 0.304. The van der Waals surface area contributed by atoms with Gasteiger partial charge in [0.15, 0.2) is 0 Å². The molecule has 14 heteroatoms. The lowest BCUT2D eigenvalue weighted by atomic mass is 10.0. The molecule has 3 rings (SSSR count). The number of aliphatic hydroxyl groups is 1. The molecule has 37 heavy (non-hydrogen) atoms. The molecule has 9 nitrogen and oxygen atoms in total. The largest absolute Gasteiger partial charge is 0.573 e. The summed E-state index contributed by atoms with van der Waals surface area (Å²) in [6, 6.07) is 8.05. The number of rotatable bonds is 9. The smallest absolute Gasteiger partial charge is 0.510 e. The highest BCUT2D eigenvalue weighted by atomic mass is 32.2. The molecule has 0 bridgehead atoms. The molecular formula is C23H22F3N3O6S2. The van der Waals surface area contributed by atoms with Crippen LogP contribution in [0.5, 0.6) is 5.75 Å². The van der Waals surface area contributed by atoms with Gasteiger partial charge in [0.05, 0.1) is 27.0 Å². The first-order valence-electron chi connectivity index (χ1n) is 10.7. The van der Waals surface area contributed by atoms with E-state index in [1.54, 1.807) is 6.92 Å². The summed E-state index contributed by atoms with van der Waals surface area (Å²) < 4.78 is 40.9. The van der Waals surface area contributed by atoms with Crippen molar-refractivity contribution < 1.29 is 42.5 Å². The van der Waals surface area contributed by atoms with Crippen molar-refractivity contribution in [2.75, 3.05) is 19.3 Å². The number of nitrogens with one attached hydrogen (secondary N) is 1. The van der Waals surface area contributed by atoms with Gasteiger partial charge in [-0.2, -0.15) is 5.10 Å². The number of aliphatic hydroxyl groups excluding tert-OH is 1. The Hall–Kier alpha value is -3.52. The van der Waals surface area contributed by atoms with Crippen LogP contribution < -0.4 is 10.2 Å². The molecule has 1 aromatic heterocycles. The average Bonchev–Trinajstić information content (AvgIpc) is 3.47. The molecule has 1 unspecified atom stereocenters. The highest BCUT2D eigenvalue weighted by molar-refractivity contribution is 8.08. The summed E-state index contributed by atoms with van der Waals surface area (Å²) in [5.74, 6) is -2.50. The van der Waals surface area contributed by atoms with E-state index in [1.165, 1.54) is 48.0 Å². The van der Waals surface area contributed by atoms with E-state index in [2.05, 4.69) is 15.3 Å². The van der Waals surface area contributed by atoms with Crippen molar-refractivity contribution in [1.29, 1.82) is 0 Å². The van der Waals surface area contributed by atoms with Crippen molar-refractivity contribution >= 4 is 51.5 Å². The van der Waals surface area contributed by atoms with Crippen molar-refractivity contribution in [2.24, 2.45) is 11.0 Å². The molecule has 3 N–H and O–H groups in total. The zero-order valence-electron chi connectivity index (χ0n) is 19.5. The van der Waals surface area contributed by atoms with Crippen LogP contribution in [0.4, 0.5) is 13.2 Å². The predicted octanol–water partition coefficient (Wildman–Crippen LogP) is 4.59. The summed E-state index contributed by atoms with van der Waals surface area (Å²) in [4.78, 5) is 37.8. The maximum atomic E-state index is 12.5. The van der Waals surface area contributed by atoms with Crippen LogP contribution >= 0.6 is 23.1 Å². The molecule has 1 aromatic carbocycles. The predicted molar refractivity (Wildman–Crippen MR) is 133 cm³/mol. The molecule has 0 radical (unpaired) electrons. The topological polar surface area (TPSA) is 129 Å². The third-order valence-electron chi connectivity index (χ3n) is 5.19. The van der Waals surface area contributed by atoms with E-state index in [9.17, 15) is 32.7 Å². The molecule has 2 aromatic rings. The fourth-order valence-electron chi connectivity index (χ4n) is 3.24. The van der Waals surface area contributed by atoms with Crippen LogP contribution in [-0.2, 0) is 4.79 Å². The number of ether oxygens (including phenoxy) is 1. The molecule has 0 fully saturated rings. The summed E-state index contributed by atoms with van der Waals surface area (Å²) in [6.45, 7) is 1.65. The highest BCUT2D eigenvalue weighted by Crippen LogP contribution is 2.42. The Kier molecular flexibility index (Phi) is 8.86. The maximum absolute atomic E-state index is 12.5. The number of nitrogens with zero attached hydrogens (tertiary/aromatic N) is 2. The first-order chi connectivity index (χ1) is 17.4. The van der Waals surface area contributed by atoms with Crippen LogP contribution in [0.3, 0.4) is 0 Å². The lowest BCUT2D eigenvalue weighted by Crippen LogP contribution is -2.28. The molecule has 2 amide bonds. The number of aliphatic carboxylic acids is 1. The Bertz CT molecular complexity index is 1240. The van der Waals surface area contributed by atoms with Crippen LogP contribution in [-0.4, -0.2) is 64.3 Å². The maximum Gasteiger partial charge on any atom is 0.573 e. The Morgan fingerprint density at radius 2 is 1.81 bits per heavy atom. The number of alkyl halides is 3. The van der Waals surface area contributed by atoms with E-state index in [1.807, 2.05) is 0 Å². The fourth-order valence-corrected chi connectivity index (χ4v) is 5.45. The molecule has 0 spiro atoms. The second-order valence-electron chi connectivity index (χ2n) is 7.88. The second-order valence-corrected chi connectivity index (χ2v) is 9.99. The lowest BCUT2D eigenvalue weighted by Gasteiger charge is -2.14.